The first-order valence-electron chi connectivity index (χ1n) is 11.9. The number of methoxy groups -OCH3 is 1. The van der Waals surface area contributed by atoms with Gasteiger partial charge < -0.3 is 19.5 Å². The molecule has 1 N–H and O–H groups in total. The van der Waals surface area contributed by atoms with Crippen LogP contribution in [0.1, 0.15) is 36.8 Å². The number of carbonyl (C=O) groups excluding carboxylic acids is 1. The molecule has 0 bridgehead atoms. The minimum absolute atomic E-state index is 0. The molecule has 0 radical (unpaired) electrons. The van der Waals surface area contributed by atoms with Gasteiger partial charge in [0.25, 0.3) is 10.0 Å². The number of aromatic nitrogens is 1. The number of nitrogens with zero attached hydrogens (tertiary/aromatic N) is 3. The predicted molar refractivity (Wildman–Crippen MR) is 145 cm³/mol. The van der Waals surface area contributed by atoms with Crippen LogP contribution in [0.5, 0.6) is 5.75 Å². The van der Waals surface area contributed by atoms with Gasteiger partial charge in [0.15, 0.2) is 0 Å². The molecular formula is C26H32LiN3O7S. The first-order valence-corrected chi connectivity index (χ1v) is 13.3. The third-order valence-corrected chi connectivity index (χ3v) is 7.88. The Morgan fingerprint density at radius 3 is 2.18 bits per heavy atom. The molecule has 0 spiro atoms. The van der Waals surface area contributed by atoms with Gasteiger partial charge >= 0.3 is 30.9 Å². The second-order valence-electron chi connectivity index (χ2n) is 9.84. The number of amides is 1. The second-order valence-corrected chi connectivity index (χ2v) is 11.6. The molecule has 1 aliphatic rings. The van der Waals surface area contributed by atoms with Gasteiger partial charge in [-0.25, -0.2) is 22.0 Å². The quantitative estimate of drug-likeness (QED) is 0.477. The molecule has 1 saturated heterocycles. The van der Waals surface area contributed by atoms with Crippen LogP contribution in [0.3, 0.4) is 0 Å². The molecule has 0 aliphatic carbocycles. The van der Waals surface area contributed by atoms with E-state index < -0.39 is 21.6 Å². The molecule has 1 aromatic heterocycles. The fraction of sp³-hybridized carbons (Fsp3) is 0.385. The molecular weight excluding hydrogens is 505 g/mol. The third-order valence-electron chi connectivity index (χ3n) is 6.14. The Morgan fingerprint density at radius 1 is 1.00 bits per heavy atom. The zero-order valence-electron chi connectivity index (χ0n) is 21.3. The number of carboxylic acids is 1. The molecule has 10 nitrogen and oxygen atoms in total. The standard InChI is InChI=1S/C26H31N3O7S.Li.H/c1-26(2,3)36-25(32)28-14-12-27(13-15-28)17-20-19-16-22(24(30)31)29(21(19)10-11-23(20)35-4)37(33,34)18-8-6-5-7-9-18;;/h5-11,16H,12-15,17H2,1-4H3,(H,30,31);;. The Bertz CT molecular complexity index is 1420. The average molecular weight is 538 g/mol. The molecule has 12 heteroatoms. The van der Waals surface area contributed by atoms with E-state index >= 15 is 0 Å². The van der Waals surface area contributed by atoms with Crippen LogP contribution >= 0.6 is 0 Å². The normalized spacial score (nSPS) is 14.7. The van der Waals surface area contributed by atoms with Crippen LogP contribution in [0.15, 0.2) is 53.4 Å². The van der Waals surface area contributed by atoms with Gasteiger partial charge in [0.1, 0.15) is 17.0 Å². The molecule has 2 aromatic carbocycles. The fourth-order valence-corrected chi connectivity index (χ4v) is 5.91. The van der Waals surface area contributed by atoms with Gasteiger partial charge in [0.2, 0.25) is 0 Å². The van der Waals surface area contributed by atoms with Crippen LogP contribution < -0.4 is 4.74 Å². The number of piperazine rings is 1. The Morgan fingerprint density at radius 2 is 1.63 bits per heavy atom. The summed E-state index contributed by atoms with van der Waals surface area (Å²) in [6.45, 7) is 7.92. The second kappa shape index (κ2) is 11.4. The third kappa shape index (κ3) is 6.02. The van der Waals surface area contributed by atoms with Gasteiger partial charge in [-0.05, 0) is 51.1 Å². The van der Waals surface area contributed by atoms with Crippen molar-refractivity contribution in [3.8, 4) is 5.75 Å². The van der Waals surface area contributed by atoms with Crippen molar-refractivity contribution in [3.05, 3.63) is 59.8 Å². The maximum absolute atomic E-state index is 13.5. The summed E-state index contributed by atoms with van der Waals surface area (Å²) >= 11 is 0. The van der Waals surface area contributed by atoms with Gasteiger partial charge in [0, 0.05) is 43.7 Å². The van der Waals surface area contributed by atoms with Gasteiger partial charge in [-0.2, -0.15) is 0 Å². The molecule has 38 heavy (non-hydrogen) atoms. The van der Waals surface area contributed by atoms with Gasteiger partial charge in [-0.15, -0.1) is 0 Å². The van der Waals surface area contributed by atoms with Gasteiger partial charge in [-0.1, -0.05) is 18.2 Å². The van der Waals surface area contributed by atoms with Crippen molar-refractivity contribution in [1.82, 2.24) is 13.8 Å². The molecule has 0 unspecified atom stereocenters. The van der Waals surface area contributed by atoms with E-state index in [0.717, 1.165) is 3.97 Å². The number of carbonyl (C=O) groups is 2. The average Bonchev–Trinajstić information content (AvgIpc) is 3.25. The Labute approximate surface area is 234 Å². The van der Waals surface area contributed by atoms with Gasteiger partial charge in [-0.3, -0.25) is 4.90 Å². The Kier molecular flexibility index (Phi) is 8.88. The van der Waals surface area contributed by atoms with Crippen molar-refractivity contribution in [1.29, 1.82) is 0 Å². The molecule has 1 fully saturated rings. The summed E-state index contributed by atoms with van der Waals surface area (Å²) in [6, 6.07) is 12.3. The van der Waals surface area contributed by atoms with Crippen molar-refractivity contribution in [2.24, 2.45) is 0 Å². The van der Waals surface area contributed by atoms with Crippen molar-refractivity contribution >= 4 is 51.8 Å². The van der Waals surface area contributed by atoms with Crippen molar-refractivity contribution < 1.29 is 32.6 Å². The van der Waals surface area contributed by atoms with E-state index in [9.17, 15) is 23.1 Å². The molecule has 2 heterocycles. The van der Waals surface area contributed by atoms with E-state index in [1.807, 2.05) is 20.8 Å². The van der Waals surface area contributed by atoms with Crippen LogP contribution in [-0.2, 0) is 21.3 Å². The summed E-state index contributed by atoms with van der Waals surface area (Å²) in [4.78, 5) is 28.3. The van der Waals surface area contributed by atoms with E-state index in [2.05, 4.69) is 4.90 Å². The van der Waals surface area contributed by atoms with Crippen LogP contribution in [0.4, 0.5) is 4.79 Å². The minimum atomic E-state index is -4.18. The Hall–Kier alpha value is -2.97. The van der Waals surface area contributed by atoms with Crippen LogP contribution in [-0.4, -0.2) is 97.1 Å². The zero-order valence-corrected chi connectivity index (χ0v) is 22.1. The van der Waals surface area contributed by atoms with E-state index in [1.165, 1.54) is 25.3 Å². The maximum atomic E-state index is 13.5. The van der Waals surface area contributed by atoms with Crippen LogP contribution in [0.2, 0.25) is 0 Å². The summed E-state index contributed by atoms with van der Waals surface area (Å²) in [5.41, 5.74) is -0.00505. The number of carboxylic acid groups (broad SMARTS) is 1. The Balaban J connectivity index is 0.00000400. The molecule has 0 saturated carbocycles. The summed E-state index contributed by atoms with van der Waals surface area (Å²) < 4.78 is 38.9. The number of ether oxygens (including phenoxy) is 2. The summed E-state index contributed by atoms with van der Waals surface area (Å²) in [7, 11) is -2.66. The number of rotatable bonds is 6. The number of aromatic carboxylic acids is 1. The van der Waals surface area contributed by atoms with E-state index in [-0.39, 0.29) is 41.1 Å². The molecule has 1 amide bonds. The molecule has 1 aliphatic heterocycles. The monoisotopic (exact) mass is 537 g/mol. The number of hydrogen-bond acceptors (Lipinski definition) is 7. The zero-order chi connectivity index (χ0) is 27.0. The van der Waals surface area contributed by atoms with Gasteiger partial charge in [0.05, 0.1) is 17.5 Å². The van der Waals surface area contributed by atoms with Crippen molar-refractivity contribution in [2.45, 2.75) is 37.8 Å². The topological polar surface area (TPSA) is 118 Å². The van der Waals surface area contributed by atoms with E-state index in [4.69, 9.17) is 9.47 Å². The van der Waals surface area contributed by atoms with Crippen molar-refractivity contribution in [2.75, 3.05) is 33.3 Å². The molecule has 3 aromatic rings. The first kappa shape index (κ1) is 29.6. The predicted octanol–water partition coefficient (Wildman–Crippen LogP) is 2.99. The summed E-state index contributed by atoms with van der Waals surface area (Å²) in [5, 5.41) is 10.4. The summed E-state index contributed by atoms with van der Waals surface area (Å²) in [6.07, 6.45) is -0.360. The SMILES string of the molecule is COc1ccc2c(cc(C(=O)O)n2S(=O)(=O)c2ccccc2)c1CN1CCN(C(=O)OC(C)(C)C)CC1.[LiH]. The molecule has 200 valence electrons. The van der Waals surface area contributed by atoms with Crippen LogP contribution in [0.25, 0.3) is 10.9 Å². The number of hydrogen-bond donors (Lipinski definition) is 1. The summed E-state index contributed by atoms with van der Waals surface area (Å²) in [5.74, 6) is -0.833. The first-order chi connectivity index (χ1) is 17.4. The van der Waals surface area contributed by atoms with Crippen molar-refractivity contribution in [3.63, 3.8) is 0 Å². The van der Waals surface area contributed by atoms with E-state index in [0.29, 0.717) is 49.4 Å². The molecule has 4 rings (SSSR count). The number of benzene rings is 2. The molecule has 0 atom stereocenters. The van der Waals surface area contributed by atoms with Crippen LogP contribution in [0, 0.1) is 0 Å². The number of fused-ring (bicyclic) bond motifs is 1. The fourth-order valence-electron chi connectivity index (χ4n) is 4.39. The van der Waals surface area contributed by atoms with E-state index in [1.54, 1.807) is 35.2 Å².